The van der Waals surface area contributed by atoms with Crippen LogP contribution in [0.2, 0.25) is 0 Å². The molecular weight excluding hydrogens is 302 g/mol. The van der Waals surface area contributed by atoms with Gasteiger partial charge in [-0.3, -0.25) is 5.32 Å². The normalized spacial score (nSPS) is 10.7. The minimum Gasteiger partial charge on any atom is -0.338 e. The maximum absolute atomic E-state index is 13.9. The second-order valence-electron chi connectivity index (χ2n) is 4.90. The quantitative estimate of drug-likeness (QED) is 0.690. The van der Waals surface area contributed by atoms with Crippen molar-refractivity contribution in [1.29, 1.82) is 0 Å². The minimum atomic E-state index is -0.900. The first-order chi connectivity index (χ1) is 11.1. The molecule has 1 aromatic heterocycles. The van der Waals surface area contributed by atoms with Crippen LogP contribution >= 0.6 is 0 Å². The number of imidazole rings is 1. The molecule has 7 heteroatoms. The highest BCUT2D eigenvalue weighted by atomic mass is 19.2. The molecule has 0 aliphatic heterocycles. The molecule has 0 bridgehead atoms. The summed E-state index contributed by atoms with van der Waals surface area (Å²) in [6, 6.07) is 8.64. The number of aromatic nitrogens is 2. The summed E-state index contributed by atoms with van der Waals surface area (Å²) in [5.41, 5.74) is 1.88. The molecule has 1 heterocycles. The zero-order valence-electron chi connectivity index (χ0n) is 12.3. The Morgan fingerprint density at radius 1 is 1.26 bits per heavy atom. The number of hydrogen-bond acceptors (Lipinski definition) is 2. The molecular formula is C16H14F2N4O. The third-order valence-corrected chi connectivity index (χ3v) is 3.31. The summed E-state index contributed by atoms with van der Waals surface area (Å²) in [6.07, 6.45) is 0. The van der Waals surface area contributed by atoms with E-state index in [2.05, 4.69) is 20.6 Å². The molecule has 3 N–H and O–H groups in total. The number of carbonyl (C=O) groups excluding carboxylic acids is 1. The Balaban J connectivity index is 1.96. The number of nitrogens with one attached hydrogen (secondary N) is 3. The van der Waals surface area contributed by atoms with Crippen LogP contribution in [0.5, 0.6) is 0 Å². The van der Waals surface area contributed by atoms with E-state index in [9.17, 15) is 13.6 Å². The fourth-order valence-corrected chi connectivity index (χ4v) is 2.27. The fourth-order valence-electron chi connectivity index (χ4n) is 2.27. The Labute approximate surface area is 130 Å². The Kier molecular flexibility index (Phi) is 3.92. The molecule has 3 rings (SSSR count). The number of urea groups is 1. The third kappa shape index (κ3) is 2.98. The molecule has 0 fully saturated rings. The first-order valence-electron chi connectivity index (χ1n) is 7.07. The van der Waals surface area contributed by atoms with Crippen LogP contribution in [0.25, 0.3) is 22.2 Å². The van der Waals surface area contributed by atoms with Gasteiger partial charge in [-0.15, -0.1) is 0 Å². The zero-order chi connectivity index (χ0) is 16.4. The van der Waals surface area contributed by atoms with Gasteiger partial charge < -0.3 is 10.3 Å². The van der Waals surface area contributed by atoms with Crippen molar-refractivity contribution in [2.75, 3.05) is 11.9 Å². The maximum Gasteiger partial charge on any atom is 0.321 e. The number of fused-ring (bicyclic) bond motifs is 1. The molecule has 0 atom stereocenters. The Hall–Kier alpha value is -2.96. The van der Waals surface area contributed by atoms with E-state index in [1.165, 1.54) is 12.1 Å². The van der Waals surface area contributed by atoms with Crippen LogP contribution in [0.4, 0.5) is 19.5 Å². The smallest absolute Gasteiger partial charge is 0.321 e. The molecule has 0 saturated carbocycles. The van der Waals surface area contributed by atoms with Crippen LogP contribution in [0.15, 0.2) is 36.4 Å². The van der Waals surface area contributed by atoms with Crippen molar-refractivity contribution < 1.29 is 13.6 Å². The molecule has 2 amide bonds. The summed E-state index contributed by atoms with van der Waals surface area (Å²) in [5, 5.41) is 5.15. The van der Waals surface area contributed by atoms with Crippen LogP contribution in [0.3, 0.4) is 0 Å². The number of H-pyrrole nitrogens is 1. The van der Waals surface area contributed by atoms with Gasteiger partial charge in [0, 0.05) is 12.1 Å². The SMILES string of the molecule is CCNC(=O)Nc1nc2cc(-c3cccc(F)c3F)ccc2[nH]1. The van der Waals surface area contributed by atoms with E-state index in [0.717, 1.165) is 6.07 Å². The lowest BCUT2D eigenvalue weighted by Gasteiger charge is -2.03. The molecule has 0 saturated heterocycles. The van der Waals surface area contributed by atoms with Gasteiger partial charge in [-0.2, -0.15) is 0 Å². The van der Waals surface area contributed by atoms with Gasteiger partial charge in [0.1, 0.15) is 0 Å². The second-order valence-corrected chi connectivity index (χ2v) is 4.90. The van der Waals surface area contributed by atoms with Crippen LogP contribution in [0, 0.1) is 11.6 Å². The van der Waals surface area contributed by atoms with Crippen molar-refractivity contribution in [2.45, 2.75) is 6.92 Å². The van der Waals surface area contributed by atoms with Gasteiger partial charge in [-0.25, -0.2) is 18.6 Å². The van der Waals surface area contributed by atoms with Gasteiger partial charge >= 0.3 is 6.03 Å². The van der Waals surface area contributed by atoms with E-state index < -0.39 is 11.6 Å². The predicted octanol–water partition coefficient (Wildman–Crippen LogP) is 3.65. The highest BCUT2D eigenvalue weighted by molar-refractivity contribution is 5.90. The molecule has 118 valence electrons. The summed E-state index contributed by atoms with van der Waals surface area (Å²) in [6.45, 7) is 2.30. The number of carbonyl (C=O) groups is 1. The first-order valence-corrected chi connectivity index (χ1v) is 7.07. The van der Waals surface area contributed by atoms with Gasteiger partial charge in [0.2, 0.25) is 5.95 Å². The number of benzene rings is 2. The lowest BCUT2D eigenvalue weighted by atomic mass is 10.0. The van der Waals surface area contributed by atoms with E-state index in [-0.39, 0.29) is 17.5 Å². The van der Waals surface area contributed by atoms with Crippen molar-refractivity contribution in [2.24, 2.45) is 0 Å². The first kappa shape index (κ1) is 15.0. The summed E-state index contributed by atoms with van der Waals surface area (Å²) in [5.74, 6) is -1.52. The minimum absolute atomic E-state index is 0.160. The monoisotopic (exact) mass is 316 g/mol. The number of aromatic amines is 1. The lowest BCUT2D eigenvalue weighted by molar-refractivity contribution is 0.252. The van der Waals surface area contributed by atoms with E-state index >= 15 is 0 Å². The average Bonchev–Trinajstić information content (AvgIpc) is 2.91. The van der Waals surface area contributed by atoms with E-state index in [0.29, 0.717) is 23.1 Å². The summed E-state index contributed by atoms with van der Waals surface area (Å²) >= 11 is 0. The number of halogens is 2. The molecule has 0 unspecified atom stereocenters. The van der Waals surface area contributed by atoms with E-state index in [4.69, 9.17) is 0 Å². The Morgan fingerprint density at radius 3 is 2.87 bits per heavy atom. The highest BCUT2D eigenvalue weighted by Crippen LogP contribution is 2.27. The van der Waals surface area contributed by atoms with Gasteiger partial charge in [0.05, 0.1) is 11.0 Å². The van der Waals surface area contributed by atoms with E-state index in [1.54, 1.807) is 25.1 Å². The van der Waals surface area contributed by atoms with Gasteiger partial charge in [0.15, 0.2) is 11.6 Å². The topological polar surface area (TPSA) is 69.8 Å². The number of nitrogens with zero attached hydrogens (tertiary/aromatic N) is 1. The van der Waals surface area contributed by atoms with Crippen molar-refractivity contribution in [1.82, 2.24) is 15.3 Å². The van der Waals surface area contributed by atoms with Crippen LogP contribution < -0.4 is 10.6 Å². The Morgan fingerprint density at radius 2 is 2.09 bits per heavy atom. The number of rotatable bonds is 3. The van der Waals surface area contributed by atoms with Crippen molar-refractivity contribution in [3.63, 3.8) is 0 Å². The van der Waals surface area contributed by atoms with Gasteiger partial charge in [-0.1, -0.05) is 18.2 Å². The third-order valence-electron chi connectivity index (χ3n) is 3.31. The number of hydrogen-bond donors (Lipinski definition) is 3. The molecule has 5 nitrogen and oxygen atoms in total. The summed E-state index contributed by atoms with van der Waals surface area (Å²) < 4.78 is 27.2. The fraction of sp³-hybridized carbons (Fsp3) is 0.125. The number of amides is 2. The summed E-state index contributed by atoms with van der Waals surface area (Å²) in [4.78, 5) is 18.7. The second kappa shape index (κ2) is 6.04. The molecule has 0 radical (unpaired) electrons. The van der Waals surface area contributed by atoms with Crippen LogP contribution in [0.1, 0.15) is 6.92 Å². The molecule has 0 aliphatic carbocycles. The highest BCUT2D eigenvalue weighted by Gasteiger charge is 2.12. The van der Waals surface area contributed by atoms with Gasteiger partial charge in [-0.05, 0) is 30.7 Å². The predicted molar refractivity (Wildman–Crippen MR) is 84.1 cm³/mol. The van der Waals surface area contributed by atoms with Crippen molar-refractivity contribution in [3.05, 3.63) is 48.0 Å². The Bertz CT molecular complexity index is 876. The molecule has 2 aromatic carbocycles. The van der Waals surface area contributed by atoms with Crippen LogP contribution in [-0.4, -0.2) is 22.5 Å². The molecule has 3 aromatic rings. The molecule has 0 aliphatic rings. The van der Waals surface area contributed by atoms with Crippen molar-refractivity contribution in [3.8, 4) is 11.1 Å². The maximum atomic E-state index is 13.9. The van der Waals surface area contributed by atoms with Gasteiger partial charge in [0.25, 0.3) is 0 Å². The van der Waals surface area contributed by atoms with Crippen LogP contribution in [-0.2, 0) is 0 Å². The van der Waals surface area contributed by atoms with Crippen molar-refractivity contribution >= 4 is 23.0 Å². The zero-order valence-corrected chi connectivity index (χ0v) is 12.3. The molecule has 0 spiro atoms. The largest absolute Gasteiger partial charge is 0.338 e. The molecule has 23 heavy (non-hydrogen) atoms. The summed E-state index contributed by atoms with van der Waals surface area (Å²) in [7, 11) is 0. The average molecular weight is 316 g/mol. The number of anilines is 1. The lowest BCUT2D eigenvalue weighted by Crippen LogP contribution is -2.28. The van der Waals surface area contributed by atoms with E-state index in [1.807, 2.05) is 0 Å². The standard InChI is InChI=1S/C16H14F2N4O/c1-2-19-16(23)22-15-20-12-7-6-9(8-13(12)21-15)10-4-3-5-11(17)14(10)18/h3-8H,2H2,1H3,(H3,19,20,21,22,23).